The van der Waals surface area contributed by atoms with E-state index in [1.165, 1.54) is 0 Å². The molecule has 16 heavy (non-hydrogen) atoms. The van der Waals surface area contributed by atoms with Gasteiger partial charge in [-0.1, -0.05) is 27.7 Å². The lowest BCUT2D eigenvalue weighted by Crippen LogP contribution is -2.41. The summed E-state index contributed by atoms with van der Waals surface area (Å²) in [5.74, 6) is 0.0706. The van der Waals surface area contributed by atoms with E-state index >= 15 is 0 Å². The third kappa shape index (κ3) is 4.64. The topological polar surface area (TPSA) is 55.4 Å². The first-order valence-corrected chi connectivity index (χ1v) is 5.71. The molecule has 1 amide bonds. The second kappa shape index (κ2) is 6.51. The zero-order chi connectivity index (χ0) is 12.8. The average Bonchev–Trinajstić information content (AvgIpc) is 2.17. The predicted octanol–water partition coefficient (Wildman–Crippen LogP) is 1.74. The molecule has 0 aliphatic rings. The highest BCUT2D eigenvalue weighted by molar-refractivity contribution is 5.78. The van der Waals surface area contributed by atoms with Gasteiger partial charge in [-0.3, -0.25) is 4.79 Å². The molecule has 0 radical (unpaired) electrons. The van der Waals surface area contributed by atoms with E-state index in [1.54, 1.807) is 6.92 Å². The van der Waals surface area contributed by atoms with E-state index in [4.69, 9.17) is 4.74 Å². The van der Waals surface area contributed by atoms with Gasteiger partial charge in [-0.15, -0.1) is 0 Å². The minimum absolute atomic E-state index is 0.0204. The zero-order valence-corrected chi connectivity index (χ0v) is 10.9. The number of hydrogen-bond donors (Lipinski definition) is 1. The van der Waals surface area contributed by atoms with Gasteiger partial charge in [-0.2, -0.15) is 0 Å². The van der Waals surface area contributed by atoms with Gasteiger partial charge in [0.25, 0.3) is 0 Å². The van der Waals surface area contributed by atoms with Crippen LogP contribution in [0, 0.1) is 11.3 Å². The van der Waals surface area contributed by atoms with Crippen molar-refractivity contribution in [1.82, 2.24) is 5.32 Å². The average molecular weight is 229 g/mol. The highest BCUT2D eigenvalue weighted by Crippen LogP contribution is 2.31. The quantitative estimate of drug-likeness (QED) is 0.534. The molecule has 0 aliphatic heterocycles. The maximum Gasteiger partial charge on any atom is 0.328 e. The van der Waals surface area contributed by atoms with E-state index in [0.717, 1.165) is 0 Å². The number of amides is 1. The largest absolute Gasteiger partial charge is 0.464 e. The lowest BCUT2D eigenvalue weighted by molar-refractivity contribution is -0.147. The number of rotatable bonds is 7. The molecule has 94 valence electrons. The first-order chi connectivity index (χ1) is 7.35. The van der Waals surface area contributed by atoms with Crippen molar-refractivity contribution in [2.75, 3.05) is 6.61 Å². The summed E-state index contributed by atoms with van der Waals surface area (Å²) in [6, 6.07) is -0.546. The van der Waals surface area contributed by atoms with E-state index in [1.807, 2.05) is 0 Å². The standard InChI is InChI=1S/C12H23NO3/c1-6-16-11(15)10(13-8-14)7-12(4,5)9(2)3/h8-10H,6-7H2,1-5H3,(H,13,14). The highest BCUT2D eigenvalue weighted by Gasteiger charge is 2.30. The van der Waals surface area contributed by atoms with Gasteiger partial charge in [0.15, 0.2) is 0 Å². The fraction of sp³-hybridized carbons (Fsp3) is 0.833. The van der Waals surface area contributed by atoms with Gasteiger partial charge < -0.3 is 10.1 Å². The van der Waals surface area contributed by atoms with Crippen LogP contribution in [0.4, 0.5) is 0 Å². The van der Waals surface area contributed by atoms with Crippen molar-refractivity contribution in [2.45, 2.75) is 47.1 Å². The van der Waals surface area contributed by atoms with E-state index in [9.17, 15) is 9.59 Å². The number of carbonyl (C=O) groups is 2. The molecule has 1 unspecified atom stereocenters. The van der Waals surface area contributed by atoms with Crippen LogP contribution in [-0.2, 0) is 14.3 Å². The second-order valence-electron chi connectivity index (χ2n) is 4.94. The summed E-state index contributed by atoms with van der Waals surface area (Å²) in [7, 11) is 0. The van der Waals surface area contributed by atoms with E-state index in [2.05, 4.69) is 33.0 Å². The van der Waals surface area contributed by atoms with E-state index < -0.39 is 6.04 Å². The predicted molar refractivity (Wildman–Crippen MR) is 62.9 cm³/mol. The molecule has 0 aromatic rings. The van der Waals surface area contributed by atoms with Gasteiger partial charge >= 0.3 is 5.97 Å². The summed E-state index contributed by atoms with van der Waals surface area (Å²) in [5, 5.41) is 2.52. The summed E-state index contributed by atoms with van der Waals surface area (Å²) < 4.78 is 4.92. The van der Waals surface area contributed by atoms with Crippen molar-refractivity contribution < 1.29 is 14.3 Å². The molecule has 1 atom stereocenters. The number of nitrogens with one attached hydrogen (secondary N) is 1. The number of carbonyl (C=O) groups excluding carboxylic acids is 2. The van der Waals surface area contributed by atoms with Gasteiger partial charge in [0.05, 0.1) is 6.61 Å². The maximum absolute atomic E-state index is 11.6. The molecular weight excluding hydrogens is 206 g/mol. The molecule has 0 saturated carbocycles. The minimum Gasteiger partial charge on any atom is -0.464 e. The fourth-order valence-corrected chi connectivity index (χ4v) is 1.30. The van der Waals surface area contributed by atoms with Crippen LogP contribution in [0.15, 0.2) is 0 Å². The molecule has 0 aliphatic carbocycles. The molecular formula is C12H23NO3. The van der Waals surface area contributed by atoms with E-state index in [0.29, 0.717) is 25.4 Å². The molecule has 0 bridgehead atoms. The molecule has 0 heterocycles. The van der Waals surface area contributed by atoms with Crippen molar-refractivity contribution in [3.05, 3.63) is 0 Å². The van der Waals surface area contributed by atoms with Gasteiger partial charge in [0, 0.05) is 0 Å². The Morgan fingerprint density at radius 3 is 2.38 bits per heavy atom. The number of esters is 1. The Labute approximate surface area is 97.7 Å². The molecule has 4 heteroatoms. The maximum atomic E-state index is 11.6. The summed E-state index contributed by atoms with van der Waals surface area (Å²) >= 11 is 0. The van der Waals surface area contributed by atoms with Crippen LogP contribution in [0.1, 0.15) is 41.0 Å². The Morgan fingerprint density at radius 2 is 2.00 bits per heavy atom. The first-order valence-electron chi connectivity index (χ1n) is 5.71. The van der Waals surface area contributed by atoms with Crippen molar-refractivity contribution in [3.8, 4) is 0 Å². The van der Waals surface area contributed by atoms with E-state index in [-0.39, 0.29) is 11.4 Å². The van der Waals surface area contributed by atoms with Crippen LogP contribution in [0.3, 0.4) is 0 Å². The minimum atomic E-state index is -0.546. The monoisotopic (exact) mass is 229 g/mol. The molecule has 4 nitrogen and oxygen atoms in total. The molecule has 0 saturated heterocycles. The van der Waals surface area contributed by atoms with Crippen LogP contribution in [0.2, 0.25) is 0 Å². The summed E-state index contributed by atoms with van der Waals surface area (Å²) in [4.78, 5) is 22.1. The van der Waals surface area contributed by atoms with Gasteiger partial charge in [0.2, 0.25) is 6.41 Å². The SMILES string of the molecule is CCOC(=O)C(CC(C)(C)C(C)C)NC=O. The Balaban J connectivity index is 4.55. The van der Waals surface area contributed by atoms with Crippen LogP contribution < -0.4 is 5.32 Å². The van der Waals surface area contributed by atoms with Crippen LogP contribution >= 0.6 is 0 Å². The van der Waals surface area contributed by atoms with Crippen molar-refractivity contribution >= 4 is 12.4 Å². The Bertz CT molecular complexity index is 236. The van der Waals surface area contributed by atoms with Crippen LogP contribution in [0.5, 0.6) is 0 Å². The Hall–Kier alpha value is -1.06. The highest BCUT2D eigenvalue weighted by atomic mass is 16.5. The van der Waals surface area contributed by atoms with Gasteiger partial charge in [-0.25, -0.2) is 4.79 Å². The fourth-order valence-electron chi connectivity index (χ4n) is 1.30. The van der Waals surface area contributed by atoms with Crippen molar-refractivity contribution in [3.63, 3.8) is 0 Å². The molecule has 0 aromatic heterocycles. The third-order valence-electron chi connectivity index (χ3n) is 3.13. The van der Waals surface area contributed by atoms with Crippen molar-refractivity contribution in [2.24, 2.45) is 11.3 Å². The van der Waals surface area contributed by atoms with Crippen molar-refractivity contribution in [1.29, 1.82) is 0 Å². The molecule has 0 aromatic carbocycles. The Morgan fingerprint density at radius 1 is 1.44 bits per heavy atom. The van der Waals surface area contributed by atoms with Gasteiger partial charge in [-0.05, 0) is 24.7 Å². The number of hydrogen-bond acceptors (Lipinski definition) is 3. The van der Waals surface area contributed by atoms with Crippen LogP contribution in [0.25, 0.3) is 0 Å². The summed E-state index contributed by atoms with van der Waals surface area (Å²) in [5.41, 5.74) is -0.0204. The molecule has 0 spiro atoms. The van der Waals surface area contributed by atoms with Gasteiger partial charge in [0.1, 0.15) is 6.04 Å². The lowest BCUT2D eigenvalue weighted by Gasteiger charge is -2.32. The molecule has 0 rings (SSSR count). The lowest BCUT2D eigenvalue weighted by atomic mass is 9.76. The Kier molecular flexibility index (Phi) is 6.08. The zero-order valence-electron chi connectivity index (χ0n) is 10.9. The smallest absolute Gasteiger partial charge is 0.328 e. The summed E-state index contributed by atoms with van der Waals surface area (Å²) in [6.45, 7) is 10.4. The van der Waals surface area contributed by atoms with Crippen LogP contribution in [-0.4, -0.2) is 25.0 Å². The normalized spacial score (nSPS) is 13.4. The third-order valence-corrected chi connectivity index (χ3v) is 3.13. The molecule has 0 fully saturated rings. The molecule has 1 N–H and O–H groups in total. The second-order valence-corrected chi connectivity index (χ2v) is 4.94. The summed E-state index contributed by atoms with van der Waals surface area (Å²) in [6.07, 6.45) is 1.14. The number of ether oxygens (including phenoxy) is 1. The first kappa shape index (κ1) is 14.9.